The monoisotopic (exact) mass is 226 g/mol. The number of hydrogen-bond acceptors (Lipinski definition) is 2. The summed E-state index contributed by atoms with van der Waals surface area (Å²) in [7, 11) is 4.35. The summed E-state index contributed by atoms with van der Waals surface area (Å²) in [6.07, 6.45) is 9.81. The van der Waals surface area contributed by atoms with Crippen LogP contribution >= 0.6 is 0 Å². The maximum Gasteiger partial charge on any atom is 0.00642 e. The fourth-order valence-electron chi connectivity index (χ4n) is 2.88. The lowest BCUT2D eigenvalue weighted by atomic mass is 9.83. The average Bonchev–Trinajstić information content (AvgIpc) is 2.30. The van der Waals surface area contributed by atoms with Gasteiger partial charge in [-0.05, 0) is 78.0 Å². The van der Waals surface area contributed by atoms with Gasteiger partial charge in [-0.15, -0.1) is 0 Å². The molecule has 0 radical (unpaired) electrons. The molecule has 1 N–H and O–H groups in total. The van der Waals surface area contributed by atoms with Gasteiger partial charge in [0.15, 0.2) is 0 Å². The van der Waals surface area contributed by atoms with Gasteiger partial charge >= 0.3 is 0 Å². The molecule has 1 fully saturated rings. The highest BCUT2D eigenvalue weighted by Crippen LogP contribution is 2.27. The first-order chi connectivity index (χ1) is 7.76. The van der Waals surface area contributed by atoms with Crippen LogP contribution in [0.25, 0.3) is 0 Å². The van der Waals surface area contributed by atoms with E-state index in [-0.39, 0.29) is 0 Å². The molecule has 0 aromatic heterocycles. The van der Waals surface area contributed by atoms with Gasteiger partial charge in [0.05, 0.1) is 0 Å². The van der Waals surface area contributed by atoms with E-state index in [2.05, 4.69) is 31.2 Å². The van der Waals surface area contributed by atoms with E-state index in [9.17, 15) is 0 Å². The topological polar surface area (TPSA) is 15.3 Å². The van der Waals surface area contributed by atoms with Gasteiger partial charge in [-0.2, -0.15) is 0 Å². The molecule has 1 aliphatic carbocycles. The standard InChI is InChI=1S/C14H30N2/c1-4-11-16(3)12-5-6-13-7-9-14(15-2)10-8-13/h13-15H,4-12H2,1-3H3. The predicted octanol–water partition coefficient (Wildman–Crippen LogP) is 2.89. The molecule has 16 heavy (non-hydrogen) atoms. The zero-order chi connectivity index (χ0) is 11.8. The molecule has 1 aliphatic rings. The highest BCUT2D eigenvalue weighted by Gasteiger charge is 2.19. The molecule has 0 aromatic rings. The second-order valence-corrected chi connectivity index (χ2v) is 5.45. The van der Waals surface area contributed by atoms with Crippen LogP contribution in [0.3, 0.4) is 0 Å². The third-order valence-corrected chi connectivity index (χ3v) is 4.01. The Morgan fingerprint density at radius 2 is 1.81 bits per heavy atom. The molecule has 0 aromatic carbocycles. The molecule has 0 amide bonds. The summed E-state index contributed by atoms with van der Waals surface area (Å²) in [6, 6.07) is 0.805. The van der Waals surface area contributed by atoms with Crippen molar-refractivity contribution in [1.82, 2.24) is 10.2 Å². The molecular formula is C14H30N2. The fourth-order valence-corrected chi connectivity index (χ4v) is 2.88. The van der Waals surface area contributed by atoms with Gasteiger partial charge in [0.1, 0.15) is 0 Å². The summed E-state index contributed by atoms with van der Waals surface area (Å²) in [5.74, 6) is 1.01. The van der Waals surface area contributed by atoms with E-state index in [1.54, 1.807) is 0 Å². The predicted molar refractivity (Wildman–Crippen MR) is 71.8 cm³/mol. The van der Waals surface area contributed by atoms with Gasteiger partial charge < -0.3 is 10.2 Å². The normalized spacial score (nSPS) is 26.2. The summed E-state index contributed by atoms with van der Waals surface area (Å²) in [6.45, 7) is 4.81. The van der Waals surface area contributed by atoms with Crippen LogP contribution in [0.2, 0.25) is 0 Å². The van der Waals surface area contributed by atoms with Gasteiger partial charge in [-0.3, -0.25) is 0 Å². The van der Waals surface area contributed by atoms with E-state index < -0.39 is 0 Å². The molecule has 2 nitrogen and oxygen atoms in total. The summed E-state index contributed by atoms with van der Waals surface area (Å²) in [5.41, 5.74) is 0. The Morgan fingerprint density at radius 1 is 1.12 bits per heavy atom. The number of nitrogens with one attached hydrogen (secondary N) is 1. The number of nitrogens with zero attached hydrogens (tertiary/aromatic N) is 1. The van der Waals surface area contributed by atoms with E-state index in [1.165, 1.54) is 58.0 Å². The summed E-state index contributed by atoms with van der Waals surface area (Å²) in [4.78, 5) is 2.47. The maximum atomic E-state index is 3.41. The molecule has 0 bridgehead atoms. The smallest absolute Gasteiger partial charge is 0.00642 e. The van der Waals surface area contributed by atoms with Crippen molar-refractivity contribution in [3.05, 3.63) is 0 Å². The summed E-state index contributed by atoms with van der Waals surface area (Å²) < 4.78 is 0. The SMILES string of the molecule is CCCN(C)CCCC1CCC(NC)CC1. The lowest BCUT2D eigenvalue weighted by Gasteiger charge is -2.28. The zero-order valence-corrected chi connectivity index (χ0v) is 11.5. The fraction of sp³-hybridized carbons (Fsp3) is 1.00. The highest BCUT2D eigenvalue weighted by atomic mass is 15.1. The molecule has 0 heterocycles. The van der Waals surface area contributed by atoms with E-state index in [0.29, 0.717) is 0 Å². The Kier molecular flexibility index (Phi) is 7.06. The molecule has 1 saturated carbocycles. The van der Waals surface area contributed by atoms with Crippen LogP contribution in [0.15, 0.2) is 0 Å². The van der Waals surface area contributed by atoms with Crippen LogP contribution in [0, 0.1) is 5.92 Å². The summed E-state index contributed by atoms with van der Waals surface area (Å²) in [5, 5.41) is 3.41. The molecule has 2 heteroatoms. The summed E-state index contributed by atoms with van der Waals surface area (Å²) >= 11 is 0. The largest absolute Gasteiger partial charge is 0.317 e. The molecule has 0 atom stereocenters. The third kappa shape index (κ3) is 5.31. The molecule has 0 spiro atoms. The van der Waals surface area contributed by atoms with E-state index in [0.717, 1.165) is 12.0 Å². The van der Waals surface area contributed by atoms with Gasteiger partial charge in [0, 0.05) is 6.04 Å². The molecular weight excluding hydrogens is 196 g/mol. The second kappa shape index (κ2) is 8.08. The van der Waals surface area contributed by atoms with E-state index in [4.69, 9.17) is 0 Å². The number of hydrogen-bond donors (Lipinski definition) is 1. The second-order valence-electron chi connectivity index (χ2n) is 5.45. The highest BCUT2D eigenvalue weighted by molar-refractivity contribution is 4.76. The van der Waals surface area contributed by atoms with Crippen LogP contribution in [0.5, 0.6) is 0 Å². The van der Waals surface area contributed by atoms with Crippen LogP contribution in [-0.2, 0) is 0 Å². The first-order valence-corrected chi connectivity index (χ1v) is 7.12. The minimum Gasteiger partial charge on any atom is -0.317 e. The van der Waals surface area contributed by atoms with Crippen LogP contribution < -0.4 is 5.32 Å². The quantitative estimate of drug-likeness (QED) is 0.718. The Bertz CT molecular complexity index is 162. The van der Waals surface area contributed by atoms with Crippen molar-refractivity contribution in [2.45, 2.75) is 57.9 Å². The molecule has 0 saturated heterocycles. The lowest BCUT2D eigenvalue weighted by Crippen LogP contribution is -2.30. The maximum absolute atomic E-state index is 3.41. The molecule has 1 rings (SSSR count). The number of rotatable bonds is 7. The average molecular weight is 226 g/mol. The van der Waals surface area contributed by atoms with Crippen molar-refractivity contribution in [3.8, 4) is 0 Å². The van der Waals surface area contributed by atoms with Crippen LogP contribution in [0.4, 0.5) is 0 Å². The minimum absolute atomic E-state index is 0.805. The molecule has 96 valence electrons. The van der Waals surface area contributed by atoms with Crippen molar-refractivity contribution in [1.29, 1.82) is 0 Å². The van der Waals surface area contributed by atoms with Gasteiger partial charge in [-0.1, -0.05) is 6.92 Å². The van der Waals surface area contributed by atoms with Crippen molar-refractivity contribution >= 4 is 0 Å². The van der Waals surface area contributed by atoms with Crippen LogP contribution in [0.1, 0.15) is 51.9 Å². The van der Waals surface area contributed by atoms with Gasteiger partial charge in [0.25, 0.3) is 0 Å². The van der Waals surface area contributed by atoms with Gasteiger partial charge in [0.2, 0.25) is 0 Å². The lowest BCUT2D eigenvalue weighted by molar-refractivity contribution is 0.262. The molecule has 0 unspecified atom stereocenters. The van der Waals surface area contributed by atoms with Crippen molar-refractivity contribution in [2.75, 3.05) is 27.2 Å². The molecule has 0 aliphatic heterocycles. The zero-order valence-electron chi connectivity index (χ0n) is 11.5. The Hall–Kier alpha value is -0.0800. The van der Waals surface area contributed by atoms with Crippen molar-refractivity contribution in [2.24, 2.45) is 5.92 Å². The van der Waals surface area contributed by atoms with E-state index >= 15 is 0 Å². The Labute approximate surface area is 102 Å². The van der Waals surface area contributed by atoms with Gasteiger partial charge in [-0.25, -0.2) is 0 Å². The Balaban J connectivity index is 2.02. The van der Waals surface area contributed by atoms with Crippen LogP contribution in [-0.4, -0.2) is 38.1 Å². The third-order valence-electron chi connectivity index (χ3n) is 4.01. The van der Waals surface area contributed by atoms with Crippen molar-refractivity contribution in [3.63, 3.8) is 0 Å². The van der Waals surface area contributed by atoms with Crippen molar-refractivity contribution < 1.29 is 0 Å². The minimum atomic E-state index is 0.805. The Morgan fingerprint density at radius 3 is 2.38 bits per heavy atom. The van der Waals surface area contributed by atoms with E-state index in [1.807, 2.05) is 0 Å². The first-order valence-electron chi connectivity index (χ1n) is 7.12. The first kappa shape index (κ1) is 14.0.